The molecule has 0 radical (unpaired) electrons. The maximum Gasteiger partial charge on any atom is 0.338 e. The van der Waals surface area contributed by atoms with Crippen LogP contribution < -0.4 is 0 Å². The minimum Gasteiger partial charge on any atom is -0.458 e. The Balaban J connectivity index is 1.58. The molecule has 5 atom stereocenters. The minimum atomic E-state index is -0.752. The lowest BCUT2D eigenvalue weighted by Crippen LogP contribution is -2.35. The average molecular weight is 318 g/mol. The second-order valence-electron chi connectivity index (χ2n) is 6.59. The quantitative estimate of drug-likeness (QED) is 0.479. The first-order valence-electron chi connectivity index (χ1n) is 7.60. The highest BCUT2D eigenvalue weighted by molar-refractivity contribution is 5.91. The predicted octanol–water partition coefficient (Wildman–Crippen LogP) is 2.70. The zero-order valence-electron chi connectivity index (χ0n) is 12.1. The van der Waals surface area contributed by atoms with Crippen molar-refractivity contribution in [3.63, 3.8) is 0 Å². The summed E-state index contributed by atoms with van der Waals surface area (Å²) in [4.78, 5) is 32.6. The van der Waals surface area contributed by atoms with Gasteiger partial charge >= 0.3 is 5.97 Å². The summed E-state index contributed by atoms with van der Waals surface area (Å²) in [5, 5.41) is 21.8. The van der Waals surface area contributed by atoms with Gasteiger partial charge in [0.15, 0.2) is 0 Å². The third kappa shape index (κ3) is 2.16. The standard InChI is InChI=1S/C15H14N2O6/c18-15(23-14-11-2-1-10(11)12-6-13(12)14)7-3-8(16(19)20)5-9(4-7)17(21)22/h3-5,10-14H,1-2,6H2/t10-,11-,12+,13-,14+/m0/s1. The first-order chi connectivity index (χ1) is 11.0. The number of ether oxygens (including phenoxy) is 1. The van der Waals surface area contributed by atoms with E-state index in [-0.39, 0.29) is 11.7 Å². The average Bonchev–Trinajstić information content (AvgIpc) is 3.20. The Bertz CT molecular complexity index is 700. The molecule has 0 unspecified atom stereocenters. The highest BCUT2D eigenvalue weighted by Crippen LogP contribution is 2.66. The number of carbonyl (C=O) groups is 1. The van der Waals surface area contributed by atoms with Crippen LogP contribution in [0.5, 0.6) is 0 Å². The maximum atomic E-state index is 12.3. The molecule has 0 heterocycles. The van der Waals surface area contributed by atoms with E-state index in [9.17, 15) is 25.0 Å². The number of nitrogens with zero attached hydrogens (tertiary/aromatic N) is 2. The number of benzene rings is 1. The van der Waals surface area contributed by atoms with Crippen LogP contribution in [0.4, 0.5) is 11.4 Å². The number of esters is 1. The van der Waals surface area contributed by atoms with Gasteiger partial charge in [0.25, 0.3) is 11.4 Å². The Hall–Kier alpha value is -2.51. The number of hydrogen-bond donors (Lipinski definition) is 0. The largest absolute Gasteiger partial charge is 0.458 e. The normalized spacial score (nSPS) is 33.1. The lowest BCUT2D eigenvalue weighted by molar-refractivity contribution is -0.394. The predicted molar refractivity (Wildman–Crippen MR) is 76.8 cm³/mol. The number of rotatable bonds is 4. The van der Waals surface area contributed by atoms with Gasteiger partial charge in [-0.25, -0.2) is 4.79 Å². The molecule has 3 aliphatic rings. The molecule has 0 spiro atoms. The summed E-state index contributed by atoms with van der Waals surface area (Å²) in [5.74, 6) is 1.41. The fourth-order valence-corrected chi connectivity index (χ4v) is 4.20. The highest BCUT2D eigenvalue weighted by atomic mass is 16.6. The topological polar surface area (TPSA) is 113 Å². The number of nitro groups is 2. The molecule has 120 valence electrons. The van der Waals surface area contributed by atoms with E-state index in [1.165, 1.54) is 6.42 Å². The molecular formula is C15H14N2O6. The van der Waals surface area contributed by atoms with Gasteiger partial charge in [-0.1, -0.05) is 0 Å². The fourth-order valence-electron chi connectivity index (χ4n) is 4.20. The third-order valence-electron chi connectivity index (χ3n) is 5.47. The molecule has 0 aromatic heterocycles. The summed E-state index contributed by atoms with van der Waals surface area (Å²) in [7, 11) is 0. The molecule has 0 aliphatic heterocycles. The van der Waals surface area contributed by atoms with Crippen LogP contribution in [-0.4, -0.2) is 21.9 Å². The summed E-state index contributed by atoms with van der Waals surface area (Å²) in [6.07, 6.45) is 3.17. The van der Waals surface area contributed by atoms with E-state index in [1.54, 1.807) is 0 Å². The molecule has 1 aromatic rings. The van der Waals surface area contributed by atoms with Crippen LogP contribution in [0.2, 0.25) is 0 Å². The van der Waals surface area contributed by atoms with Gasteiger partial charge in [0.2, 0.25) is 0 Å². The van der Waals surface area contributed by atoms with Crippen LogP contribution in [0.25, 0.3) is 0 Å². The van der Waals surface area contributed by atoms with Gasteiger partial charge in [-0.2, -0.15) is 0 Å². The van der Waals surface area contributed by atoms with Gasteiger partial charge in [-0.05, 0) is 42.9 Å². The van der Waals surface area contributed by atoms with E-state index in [4.69, 9.17) is 4.74 Å². The van der Waals surface area contributed by atoms with Gasteiger partial charge in [0.1, 0.15) is 6.10 Å². The van der Waals surface area contributed by atoms with Gasteiger partial charge in [-0.3, -0.25) is 20.2 Å². The number of non-ortho nitro benzene ring substituents is 2. The van der Waals surface area contributed by atoms with E-state index in [2.05, 4.69) is 0 Å². The number of fused-ring (bicyclic) bond motifs is 3. The van der Waals surface area contributed by atoms with Crippen LogP contribution >= 0.6 is 0 Å². The van der Waals surface area contributed by atoms with Crippen molar-refractivity contribution in [3.05, 3.63) is 44.0 Å². The van der Waals surface area contributed by atoms with Crippen molar-refractivity contribution in [1.29, 1.82) is 0 Å². The number of nitro benzene ring substituents is 2. The molecule has 4 rings (SSSR count). The van der Waals surface area contributed by atoms with Crippen molar-refractivity contribution in [2.75, 3.05) is 0 Å². The monoisotopic (exact) mass is 318 g/mol. The highest BCUT2D eigenvalue weighted by Gasteiger charge is 2.64. The first kappa shape index (κ1) is 14.1. The maximum absolute atomic E-state index is 12.3. The van der Waals surface area contributed by atoms with Gasteiger partial charge < -0.3 is 4.74 Å². The Morgan fingerprint density at radius 2 is 1.57 bits per heavy atom. The van der Waals surface area contributed by atoms with Crippen LogP contribution in [0.3, 0.4) is 0 Å². The summed E-state index contributed by atoms with van der Waals surface area (Å²) < 4.78 is 5.57. The van der Waals surface area contributed by atoms with Crippen molar-refractivity contribution in [3.8, 4) is 0 Å². The zero-order valence-corrected chi connectivity index (χ0v) is 12.1. The van der Waals surface area contributed by atoms with Crippen LogP contribution in [-0.2, 0) is 4.74 Å². The van der Waals surface area contributed by atoms with Gasteiger partial charge in [-0.15, -0.1) is 0 Å². The number of carbonyl (C=O) groups excluding carboxylic acids is 1. The van der Waals surface area contributed by atoms with Crippen molar-refractivity contribution in [2.45, 2.75) is 25.4 Å². The van der Waals surface area contributed by atoms with E-state index in [0.29, 0.717) is 23.7 Å². The Morgan fingerprint density at radius 3 is 2.04 bits per heavy atom. The lowest BCUT2D eigenvalue weighted by atomic mass is 9.72. The molecule has 8 nitrogen and oxygen atoms in total. The molecule has 3 fully saturated rings. The molecule has 3 saturated carbocycles. The Labute approximate surface area is 130 Å². The van der Waals surface area contributed by atoms with E-state index < -0.39 is 27.2 Å². The van der Waals surface area contributed by atoms with Crippen molar-refractivity contribution < 1.29 is 19.4 Å². The fraction of sp³-hybridized carbons (Fsp3) is 0.533. The molecule has 1 aromatic carbocycles. The molecule has 0 bridgehead atoms. The minimum absolute atomic E-state index is 0.133. The molecular weight excluding hydrogens is 304 g/mol. The molecule has 0 N–H and O–H groups in total. The molecule has 8 heteroatoms. The van der Waals surface area contributed by atoms with Crippen molar-refractivity contribution in [1.82, 2.24) is 0 Å². The number of hydrogen-bond acceptors (Lipinski definition) is 6. The SMILES string of the molecule is O=C(O[C@@H]1[C@H]2CC[C@@H]2[C@H]2C[C@@H]21)c1cc([N+](=O)[O-])cc([N+](=O)[O-])c1. The van der Waals surface area contributed by atoms with Crippen molar-refractivity contribution in [2.24, 2.45) is 23.7 Å². The first-order valence-corrected chi connectivity index (χ1v) is 7.60. The molecule has 23 heavy (non-hydrogen) atoms. The summed E-state index contributed by atoms with van der Waals surface area (Å²) in [6, 6.07) is 2.91. The van der Waals surface area contributed by atoms with E-state index in [0.717, 1.165) is 31.0 Å². The van der Waals surface area contributed by atoms with E-state index >= 15 is 0 Å². The smallest absolute Gasteiger partial charge is 0.338 e. The Kier molecular flexibility index (Phi) is 2.91. The molecule has 0 saturated heterocycles. The van der Waals surface area contributed by atoms with Crippen LogP contribution in [0.15, 0.2) is 18.2 Å². The summed E-state index contributed by atoms with van der Waals surface area (Å²) in [6.45, 7) is 0. The summed E-state index contributed by atoms with van der Waals surface area (Å²) >= 11 is 0. The van der Waals surface area contributed by atoms with Crippen LogP contribution in [0.1, 0.15) is 29.6 Å². The Morgan fingerprint density at radius 1 is 0.957 bits per heavy atom. The lowest BCUT2D eigenvalue weighted by Gasteiger charge is -2.36. The van der Waals surface area contributed by atoms with Gasteiger partial charge in [0, 0.05) is 12.1 Å². The second-order valence-corrected chi connectivity index (χ2v) is 6.59. The summed E-state index contributed by atoms with van der Waals surface area (Å²) in [5.41, 5.74) is -1.10. The molecule has 3 aliphatic carbocycles. The zero-order chi connectivity index (χ0) is 16.3. The third-order valence-corrected chi connectivity index (χ3v) is 5.47. The van der Waals surface area contributed by atoms with Gasteiger partial charge in [0.05, 0.1) is 21.5 Å². The van der Waals surface area contributed by atoms with Crippen LogP contribution in [0, 0.1) is 43.9 Å². The van der Waals surface area contributed by atoms with Crippen molar-refractivity contribution >= 4 is 17.3 Å². The second kappa shape index (κ2) is 4.74. The molecule has 0 amide bonds. The van der Waals surface area contributed by atoms with E-state index in [1.807, 2.05) is 0 Å².